The first-order valence-corrected chi connectivity index (χ1v) is 6.29. The van der Waals surface area contributed by atoms with Crippen molar-refractivity contribution in [1.29, 1.82) is 5.26 Å². The molecule has 1 heterocycles. The van der Waals surface area contributed by atoms with Crippen molar-refractivity contribution in [2.45, 2.75) is 0 Å². The van der Waals surface area contributed by atoms with Crippen LogP contribution in [0.4, 0.5) is 0 Å². The number of benzene rings is 2. The zero-order valence-electron chi connectivity index (χ0n) is 10.9. The normalized spacial score (nSPS) is 11.0. The number of nitriles is 1. The highest BCUT2D eigenvalue weighted by Crippen LogP contribution is 2.33. The van der Waals surface area contributed by atoms with Gasteiger partial charge in [-0.15, -0.1) is 0 Å². The summed E-state index contributed by atoms with van der Waals surface area (Å²) < 4.78 is 5.82. The van der Waals surface area contributed by atoms with Gasteiger partial charge in [-0.1, -0.05) is 0 Å². The van der Waals surface area contributed by atoms with E-state index in [2.05, 4.69) is 0 Å². The van der Waals surface area contributed by atoms with Crippen LogP contribution in [0.3, 0.4) is 0 Å². The number of phenols is 2. The second-order valence-corrected chi connectivity index (χ2v) is 4.57. The lowest BCUT2D eigenvalue weighted by Crippen LogP contribution is -1.74. The number of hydrogen-bond acceptors (Lipinski definition) is 4. The zero-order chi connectivity index (χ0) is 14.8. The maximum atomic E-state index is 9.74. The molecule has 0 saturated carbocycles. The van der Waals surface area contributed by atoms with E-state index in [1.807, 2.05) is 12.1 Å². The van der Waals surface area contributed by atoms with Gasteiger partial charge in [0.15, 0.2) is 0 Å². The van der Waals surface area contributed by atoms with Crippen LogP contribution in [0, 0.1) is 11.3 Å². The maximum Gasteiger partial charge on any atom is 0.142 e. The van der Waals surface area contributed by atoms with E-state index in [0.29, 0.717) is 16.9 Å². The van der Waals surface area contributed by atoms with Crippen molar-refractivity contribution in [3.8, 4) is 28.9 Å². The molecule has 0 aliphatic rings. The van der Waals surface area contributed by atoms with Gasteiger partial charge in [0.25, 0.3) is 0 Å². The summed E-state index contributed by atoms with van der Waals surface area (Å²) in [6, 6.07) is 13.5. The summed E-state index contributed by atoms with van der Waals surface area (Å²) in [7, 11) is 0. The van der Waals surface area contributed by atoms with Gasteiger partial charge in [0.05, 0.1) is 6.07 Å². The van der Waals surface area contributed by atoms with Crippen molar-refractivity contribution in [2.24, 2.45) is 0 Å². The number of rotatable bonds is 2. The SMILES string of the molecule is N#CC=Cc1cc(O)cc2cc(-c3ccc(O)cc3)oc12. The fourth-order valence-electron chi connectivity index (χ4n) is 2.18. The Morgan fingerprint density at radius 3 is 2.48 bits per heavy atom. The minimum atomic E-state index is 0.109. The Hall–Kier alpha value is -3.19. The molecule has 2 aromatic carbocycles. The van der Waals surface area contributed by atoms with E-state index < -0.39 is 0 Å². The Balaban J connectivity index is 2.17. The molecule has 4 heteroatoms. The Labute approximate surface area is 120 Å². The molecule has 3 rings (SSSR count). The molecule has 102 valence electrons. The second kappa shape index (κ2) is 5.06. The fraction of sp³-hybridized carbons (Fsp3) is 0. The first-order valence-electron chi connectivity index (χ1n) is 6.29. The molecule has 0 bridgehead atoms. The largest absolute Gasteiger partial charge is 0.508 e. The lowest BCUT2D eigenvalue weighted by atomic mass is 10.1. The summed E-state index contributed by atoms with van der Waals surface area (Å²) in [5, 5.41) is 28.4. The van der Waals surface area contributed by atoms with E-state index in [1.165, 1.54) is 6.08 Å². The van der Waals surface area contributed by atoms with Crippen LogP contribution in [0.5, 0.6) is 11.5 Å². The van der Waals surface area contributed by atoms with Crippen molar-refractivity contribution >= 4 is 17.0 Å². The van der Waals surface area contributed by atoms with Gasteiger partial charge in [-0.05, 0) is 48.5 Å². The summed E-state index contributed by atoms with van der Waals surface area (Å²) in [4.78, 5) is 0. The molecule has 0 amide bonds. The Morgan fingerprint density at radius 1 is 1.00 bits per heavy atom. The molecule has 4 nitrogen and oxygen atoms in total. The van der Waals surface area contributed by atoms with Crippen LogP contribution in [0.1, 0.15) is 5.56 Å². The fourth-order valence-corrected chi connectivity index (χ4v) is 2.18. The summed E-state index contributed by atoms with van der Waals surface area (Å²) in [6.45, 7) is 0. The Morgan fingerprint density at radius 2 is 1.76 bits per heavy atom. The molecule has 0 spiro atoms. The van der Waals surface area contributed by atoms with Crippen molar-refractivity contribution in [3.63, 3.8) is 0 Å². The van der Waals surface area contributed by atoms with Gasteiger partial charge in [0.1, 0.15) is 22.8 Å². The molecule has 0 atom stereocenters. The molecule has 1 aromatic heterocycles. The van der Waals surface area contributed by atoms with Crippen molar-refractivity contribution in [2.75, 3.05) is 0 Å². The van der Waals surface area contributed by atoms with E-state index in [1.54, 1.807) is 42.5 Å². The molecule has 0 aliphatic heterocycles. The minimum Gasteiger partial charge on any atom is -0.508 e. The van der Waals surface area contributed by atoms with Crippen LogP contribution in [-0.4, -0.2) is 10.2 Å². The van der Waals surface area contributed by atoms with Crippen LogP contribution in [0.25, 0.3) is 28.4 Å². The van der Waals surface area contributed by atoms with E-state index in [4.69, 9.17) is 9.68 Å². The first kappa shape index (κ1) is 12.8. The van der Waals surface area contributed by atoms with E-state index in [0.717, 1.165) is 10.9 Å². The van der Waals surface area contributed by atoms with Crippen LogP contribution in [-0.2, 0) is 0 Å². The third kappa shape index (κ3) is 2.45. The lowest BCUT2D eigenvalue weighted by molar-refractivity contribution is 0.475. The number of phenolic OH excluding ortho intramolecular Hbond substituents is 2. The molecule has 3 aromatic rings. The van der Waals surface area contributed by atoms with Gasteiger partial charge < -0.3 is 14.6 Å². The topological polar surface area (TPSA) is 77.4 Å². The second-order valence-electron chi connectivity index (χ2n) is 4.57. The quantitative estimate of drug-likeness (QED) is 0.693. The predicted octanol–water partition coefficient (Wildman–Crippen LogP) is 4.05. The third-order valence-corrected chi connectivity index (χ3v) is 3.12. The molecule has 2 N–H and O–H groups in total. The maximum absolute atomic E-state index is 9.74. The van der Waals surface area contributed by atoms with Gasteiger partial charge in [-0.25, -0.2) is 0 Å². The number of hydrogen-bond donors (Lipinski definition) is 2. The van der Waals surface area contributed by atoms with Crippen LogP contribution in [0.2, 0.25) is 0 Å². The number of nitrogens with zero attached hydrogens (tertiary/aromatic N) is 1. The van der Waals surface area contributed by atoms with Crippen molar-refractivity contribution in [3.05, 3.63) is 54.1 Å². The first-order chi connectivity index (χ1) is 10.2. The van der Waals surface area contributed by atoms with Crippen molar-refractivity contribution < 1.29 is 14.6 Å². The number of furan rings is 1. The van der Waals surface area contributed by atoms with Crippen molar-refractivity contribution in [1.82, 2.24) is 0 Å². The molecular formula is C17H11NO3. The summed E-state index contributed by atoms with van der Waals surface area (Å²) in [6.07, 6.45) is 2.92. The minimum absolute atomic E-state index is 0.109. The van der Waals surface area contributed by atoms with Crippen LogP contribution in [0.15, 0.2) is 53.0 Å². The van der Waals surface area contributed by atoms with Gasteiger partial charge >= 0.3 is 0 Å². The van der Waals surface area contributed by atoms with Gasteiger partial charge in [-0.3, -0.25) is 0 Å². The van der Waals surface area contributed by atoms with Gasteiger partial charge in [0, 0.05) is 22.6 Å². The lowest BCUT2D eigenvalue weighted by Gasteiger charge is -1.98. The smallest absolute Gasteiger partial charge is 0.142 e. The van der Waals surface area contributed by atoms with Gasteiger partial charge in [-0.2, -0.15) is 5.26 Å². The van der Waals surface area contributed by atoms with Crippen LogP contribution >= 0.6 is 0 Å². The zero-order valence-corrected chi connectivity index (χ0v) is 10.9. The molecule has 0 unspecified atom stereocenters. The predicted molar refractivity (Wildman–Crippen MR) is 79.6 cm³/mol. The molecule has 0 radical (unpaired) electrons. The Bertz CT molecular complexity index is 867. The van der Waals surface area contributed by atoms with Gasteiger partial charge in [0.2, 0.25) is 0 Å². The number of allylic oxidation sites excluding steroid dienone is 1. The average molecular weight is 277 g/mol. The van der Waals surface area contributed by atoms with Crippen LogP contribution < -0.4 is 0 Å². The summed E-state index contributed by atoms with van der Waals surface area (Å²) >= 11 is 0. The molecular weight excluding hydrogens is 266 g/mol. The standard InChI is InChI=1S/C17H11NO3/c18-7-1-2-12-8-15(20)9-13-10-16(21-17(12)13)11-3-5-14(19)6-4-11/h1-6,8-10,19-20H. The molecule has 0 aliphatic carbocycles. The van der Waals surface area contributed by atoms with E-state index in [9.17, 15) is 10.2 Å². The molecule has 0 fully saturated rings. The third-order valence-electron chi connectivity index (χ3n) is 3.12. The summed E-state index contributed by atoms with van der Waals surface area (Å²) in [5.41, 5.74) is 2.05. The van der Waals surface area contributed by atoms with E-state index >= 15 is 0 Å². The highest BCUT2D eigenvalue weighted by Gasteiger charge is 2.10. The van der Waals surface area contributed by atoms with E-state index in [-0.39, 0.29) is 11.5 Å². The number of aromatic hydroxyl groups is 2. The highest BCUT2D eigenvalue weighted by molar-refractivity contribution is 5.91. The molecule has 21 heavy (non-hydrogen) atoms. The Kier molecular flexibility index (Phi) is 3.09. The monoisotopic (exact) mass is 277 g/mol. The highest BCUT2D eigenvalue weighted by atomic mass is 16.3. The molecule has 0 saturated heterocycles. The summed E-state index contributed by atoms with van der Waals surface area (Å²) in [5.74, 6) is 0.922. The average Bonchev–Trinajstić information content (AvgIpc) is 2.89. The number of fused-ring (bicyclic) bond motifs is 1.